The first-order valence-corrected chi connectivity index (χ1v) is 10.4. The van der Waals surface area contributed by atoms with E-state index in [-0.39, 0.29) is 6.09 Å². The summed E-state index contributed by atoms with van der Waals surface area (Å²) >= 11 is 0. The molecule has 1 aliphatic carbocycles. The van der Waals surface area contributed by atoms with E-state index < -0.39 is 16.4 Å². The summed E-state index contributed by atoms with van der Waals surface area (Å²) in [5.74, 6) is 1.17. The fraction of sp³-hybridized carbons (Fsp3) is 0.941. The van der Waals surface area contributed by atoms with Gasteiger partial charge in [-0.15, -0.1) is 0 Å². The first kappa shape index (κ1) is 20.4. The van der Waals surface area contributed by atoms with Gasteiger partial charge in [0.05, 0.1) is 0 Å². The van der Waals surface area contributed by atoms with E-state index in [0.717, 1.165) is 25.0 Å². The molecule has 1 rings (SSSR count). The second-order valence-corrected chi connectivity index (χ2v) is 9.22. The molecule has 0 heterocycles. The van der Waals surface area contributed by atoms with Gasteiger partial charge in [0, 0.05) is 41.4 Å². The summed E-state index contributed by atoms with van der Waals surface area (Å²) in [5.41, 5.74) is -0.460. The molecule has 1 saturated carbocycles. The van der Waals surface area contributed by atoms with E-state index in [1.165, 1.54) is 12.8 Å². The first-order chi connectivity index (χ1) is 10.7. The Morgan fingerprint density at radius 2 is 1.96 bits per heavy atom. The van der Waals surface area contributed by atoms with Gasteiger partial charge in [0.1, 0.15) is 5.60 Å². The number of carbonyl (C=O) groups excluding carboxylic acids is 1. The lowest BCUT2D eigenvalue weighted by atomic mass is 9.84. The summed E-state index contributed by atoms with van der Waals surface area (Å²) in [7, 11) is -0.734. The Labute approximate surface area is 143 Å². The van der Waals surface area contributed by atoms with Gasteiger partial charge in [0.2, 0.25) is 0 Å². The van der Waals surface area contributed by atoms with E-state index in [0.29, 0.717) is 24.5 Å². The highest BCUT2D eigenvalue weighted by Gasteiger charge is 2.27. The molecule has 0 aromatic carbocycles. The Morgan fingerprint density at radius 3 is 2.57 bits per heavy atom. The zero-order chi connectivity index (χ0) is 17.5. The predicted molar refractivity (Wildman–Crippen MR) is 96.1 cm³/mol. The normalized spacial score (nSPS) is 24.7. The fourth-order valence-corrected chi connectivity index (χ4v) is 3.68. The summed E-state index contributed by atoms with van der Waals surface area (Å²) < 4.78 is 16.5. The van der Waals surface area contributed by atoms with Crippen LogP contribution < -0.4 is 10.6 Å². The summed E-state index contributed by atoms with van der Waals surface area (Å²) in [6.07, 6.45) is 7.04. The van der Waals surface area contributed by atoms with Crippen LogP contribution in [0.15, 0.2) is 0 Å². The average molecular weight is 347 g/mol. The number of nitrogens with one attached hydrogen (secondary N) is 2. The quantitative estimate of drug-likeness (QED) is 0.744. The molecule has 23 heavy (non-hydrogen) atoms. The van der Waals surface area contributed by atoms with Crippen molar-refractivity contribution in [2.45, 2.75) is 77.5 Å². The van der Waals surface area contributed by atoms with Gasteiger partial charge < -0.3 is 15.4 Å². The maximum Gasteiger partial charge on any atom is 0.407 e. The number of hydrogen-bond acceptors (Lipinski definition) is 4. The molecule has 0 radical (unpaired) electrons. The van der Waals surface area contributed by atoms with Gasteiger partial charge >= 0.3 is 6.09 Å². The number of alkyl carbamates (subject to hydrolysis) is 1. The number of rotatable bonds is 7. The SMILES string of the molecule is CC(CCS(C)=O)NC1CCCCC1CNC(=O)OC(C)(C)C. The molecule has 6 heteroatoms. The standard InChI is InChI=1S/C17H34N2O3S/c1-13(10-11-23(5)21)19-15-9-7-6-8-14(15)12-18-16(20)22-17(2,3)4/h13-15,19H,6-12H2,1-5H3,(H,18,20). The molecule has 1 aliphatic rings. The van der Waals surface area contributed by atoms with Crippen LogP contribution in [0.2, 0.25) is 0 Å². The summed E-state index contributed by atoms with van der Waals surface area (Å²) in [5, 5.41) is 6.58. The zero-order valence-electron chi connectivity index (χ0n) is 15.3. The molecule has 1 amide bonds. The van der Waals surface area contributed by atoms with E-state index in [1.807, 2.05) is 20.8 Å². The lowest BCUT2D eigenvalue weighted by molar-refractivity contribution is 0.0510. The second-order valence-electron chi connectivity index (χ2n) is 7.67. The molecule has 1 fully saturated rings. The van der Waals surface area contributed by atoms with Crippen LogP contribution in [-0.4, -0.2) is 46.5 Å². The minimum Gasteiger partial charge on any atom is -0.444 e. The van der Waals surface area contributed by atoms with Crippen LogP contribution >= 0.6 is 0 Å². The molecule has 0 aromatic rings. The van der Waals surface area contributed by atoms with Crippen molar-refractivity contribution in [2.24, 2.45) is 5.92 Å². The highest BCUT2D eigenvalue weighted by Crippen LogP contribution is 2.24. The molecule has 5 nitrogen and oxygen atoms in total. The smallest absolute Gasteiger partial charge is 0.407 e. The highest BCUT2D eigenvalue weighted by molar-refractivity contribution is 7.84. The van der Waals surface area contributed by atoms with Gasteiger partial charge in [-0.3, -0.25) is 4.21 Å². The Kier molecular flexibility index (Phi) is 8.54. The van der Waals surface area contributed by atoms with E-state index in [4.69, 9.17) is 4.74 Å². The van der Waals surface area contributed by atoms with Crippen LogP contribution in [0.4, 0.5) is 4.79 Å². The van der Waals surface area contributed by atoms with Crippen molar-refractivity contribution in [3.8, 4) is 0 Å². The third-order valence-corrected chi connectivity index (χ3v) is 4.96. The van der Waals surface area contributed by atoms with Crippen LogP contribution in [0.1, 0.15) is 59.8 Å². The minimum absolute atomic E-state index is 0.337. The Morgan fingerprint density at radius 1 is 1.30 bits per heavy atom. The molecule has 4 unspecified atom stereocenters. The molecule has 0 aliphatic heterocycles. The molecular weight excluding hydrogens is 312 g/mol. The van der Waals surface area contributed by atoms with Crippen molar-refractivity contribution in [3.63, 3.8) is 0 Å². The third kappa shape index (κ3) is 9.30. The van der Waals surface area contributed by atoms with E-state index >= 15 is 0 Å². The van der Waals surface area contributed by atoms with Crippen LogP contribution in [0.3, 0.4) is 0 Å². The van der Waals surface area contributed by atoms with E-state index in [9.17, 15) is 9.00 Å². The summed E-state index contributed by atoms with van der Waals surface area (Å²) in [4.78, 5) is 11.8. The van der Waals surface area contributed by atoms with Gasteiger partial charge in [-0.25, -0.2) is 4.79 Å². The van der Waals surface area contributed by atoms with Crippen molar-refractivity contribution in [1.82, 2.24) is 10.6 Å². The van der Waals surface area contributed by atoms with Crippen molar-refractivity contribution in [3.05, 3.63) is 0 Å². The average Bonchev–Trinajstić information content (AvgIpc) is 2.42. The summed E-state index contributed by atoms with van der Waals surface area (Å²) in [6.45, 7) is 8.42. The first-order valence-electron chi connectivity index (χ1n) is 8.70. The maximum atomic E-state index is 11.8. The van der Waals surface area contributed by atoms with Gasteiger partial charge in [0.25, 0.3) is 0 Å². The molecule has 0 spiro atoms. The fourth-order valence-electron chi connectivity index (χ4n) is 2.99. The van der Waals surface area contributed by atoms with Crippen LogP contribution in [-0.2, 0) is 15.5 Å². The van der Waals surface area contributed by atoms with Crippen molar-refractivity contribution >= 4 is 16.9 Å². The predicted octanol–water partition coefficient (Wildman–Crippen LogP) is 2.82. The lowest BCUT2D eigenvalue weighted by Gasteiger charge is -2.34. The molecule has 2 N–H and O–H groups in total. The largest absolute Gasteiger partial charge is 0.444 e. The van der Waals surface area contributed by atoms with Gasteiger partial charge in [-0.2, -0.15) is 0 Å². The minimum atomic E-state index is -0.734. The number of carbonyl (C=O) groups is 1. The molecule has 0 bridgehead atoms. The van der Waals surface area contributed by atoms with E-state index in [1.54, 1.807) is 6.26 Å². The summed E-state index contributed by atoms with van der Waals surface area (Å²) in [6, 6.07) is 0.769. The molecular formula is C17H34N2O3S. The molecule has 136 valence electrons. The van der Waals surface area contributed by atoms with Crippen LogP contribution in [0.25, 0.3) is 0 Å². The van der Waals surface area contributed by atoms with Crippen molar-refractivity contribution in [1.29, 1.82) is 0 Å². The monoisotopic (exact) mass is 346 g/mol. The number of amides is 1. The van der Waals surface area contributed by atoms with Crippen molar-refractivity contribution < 1.29 is 13.7 Å². The lowest BCUT2D eigenvalue weighted by Crippen LogP contribution is -2.48. The Hall–Kier alpha value is -0.620. The highest BCUT2D eigenvalue weighted by atomic mass is 32.2. The second kappa shape index (κ2) is 9.62. The Bertz CT molecular complexity index is 396. The zero-order valence-corrected chi connectivity index (χ0v) is 16.1. The molecule has 0 aromatic heterocycles. The number of hydrogen-bond donors (Lipinski definition) is 2. The van der Waals surface area contributed by atoms with Crippen LogP contribution in [0.5, 0.6) is 0 Å². The van der Waals surface area contributed by atoms with Crippen LogP contribution in [0, 0.1) is 5.92 Å². The van der Waals surface area contributed by atoms with Gasteiger partial charge in [-0.1, -0.05) is 12.8 Å². The van der Waals surface area contributed by atoms with E-state index in [2.05, 4.69) is 17.6 Å². The Balaban J connectivity index is 2.41. The van der Waals surface area contributed by atoms with Gasteiger partial charge in [0.15, 0.2) is 0 Å². The number of ether oxygens (including phenoxy) is 1. The molecule has 0 saturated heterocycles. The van der Waals surface area contributed by atoms with Crippen molar-refractivity contribution in [2.75, 3.05) is 18.6 Å². The maximum absolute atomic E-state index is 11.8. The topological polar surface area (TPSA) is 67.4 Å². The third-order valence-electron chi connectivity index (χ3n) is 4.15. The van der Waals surface area contributed by atoms with Gasteiger partial charge in [-0.05, 0) is 52.9 Å². The molecule has 4 atom stereocenters.